The predicted octanol–water partition coefficient (Wildman–Crippen LogP) is 3.81. The van der Waals surface area contributed by atoms with Crippen LogP contribution in [0.5, 0.6) is 11.5 Å². The largest absolute Gasteiger partial charge is 0.462 e. The van der Waals surface area contributed by atoms with Gasteiger partial charge < -0.3 is 19.5 Å². The monoisotopic (exact) mass is 373 g/mol. The van der Waals surface area contributed by atoms with Gasteiger partial charge in [0.25, 0.3) is 0 Å². The Hall–Kier alpha value is -2.99. The number of hydrogen-bond acceptors (Lipinski definition) is 6. The van der Waals surface area contributed by atoms with E-state index >= 15 is 0 Å². The Morgan fingerprint density at radius 1 is 1.19 bits per heavy atom. The van der Waals surface area contributed by atoms with Crippen LogP contribution < -0.4 is 14.8 Å². The van der Waals surface area contributed by atoms with Gasteiger partial charge in [-0.05, 0) is 31.2 Å². The summed E-state index contributed by atoms with van der Waals surface area (Å²) in [4.78, 5) is 25.0. The second-order valence-electron chi connectivity index (χ2n) is 5.30. The first-order valence-corrected chi connectivity index (χ1v) is 8.30. The molecular formula is C19H16ClNO5. The highest BCUT2D eigenvalue weighted by molar-refractivity contribution is 6.36. The lowest BCUT2D eigenvalue weighted by Crippen LogP contribution is -2.18. The maximum Gasteiger partial charge on any atom is 0.343 e. The van der Waals surface area contributed by atoms with Gasteiger partial charge in [0.05, 0.1) is 11.6 Å². The third kappa shape index (κ3) is 3.81. The minimum absolute atomic E-state index is 0.149. The molecule has 0 saturated carbocycles. The van der Waals surface area contributed by atoms with Crippen LogP contribution in [-0.4, -0.2) is 25.2 Å². The van der Waals surface area contributed by atoms with E-state index in [-0.39, 0.29) is 29.6 Å². The zero-order chi connectivity index (χ0) is 18.5. The molecule has 0 aromatic heterocycles. The van der Waals surface area contributed by atoms with Crippen LogP contribution in [-0.2, 0) is 9.53 Å². The van der Waals surface area contributed by atoms with Crippen molar-refractivity contribution < 1.29 is 23.8 Å². The molecule has 0 spiro atoms. The summed E-state index contributed by atoms with van der Waals surface area (Å²) >= 11 is 6.08. The first kappa shape index (κ1) is 17.8. The minimum Gasteiger partial charge on any atom is -0.462 e. The molecule has 0 radical (unpaired) electrons. The molecule has 1 N–H and O–H groups in total. The van der Waals surface area contributed by atoms with Gasteiger partial charge in [-0.3, -0.25) is 4.79 Å². The summed E-state index contributed by atoms with van der Waals surface area (Å²) in [5.41, 5.74) is 0.696. The van der Waals surface area contributed by atoms with Crippen LogP contribution in [0, 0.1) is 0 Å². The van der Waals surface area contributed by atoms with Gasteiger partial charge in [-0.25, -0.2) is 4.79 Å². The van der Waals surface area contributed by atoms with Crippen molar-refractivity contribution in [3.8, 4) is 11.5 Å². The number of benzene rings is 2. The van der Waals surface area contributed by atoms with Crippen LogP contribution in [0.3, 0.4) is 0 Å². The molecule has 1 aliphatic rings. The number of hydrogen-bond donors (Lipinski definition) is 1. The SMILES string of the molecule is CCOC(=O)C(=CNc1ccc2c(c1)OCO2)C(=O)c1ccccc1Cl. The van der Waals surface area contributed by atoms with Crippen molar-refractivity contribution in [2.45, 2.75) is 6.92 Å². The smallest absolute Gasteiger partial charge is 0.343 e. The standard InChI is InChI=1S/C19H16ClNO5/c1-2-24-19(23)14(18(22)13-5-3-4-6-15(13)20)10-21-12-7-8-16-17(9-12)26-11-25-16/h3-10,21H,2,11H2,1H3. The summed E-state index contributed by atoms with van der Waals surface area (Å²) in [6.07, 6.45) is 1.31. The Morgan fingerprint density at radius 2 is 1.96 bits per heavy atom. The number of ketones is 1. The number of carbonyl (C=O) groups is 2. The Labute approximate surface area is 155 Å². The number of ether oxygens (including phenoxy) is 3. The van der Waals surface area contributed by atoms with Crippen molar-refractivity contribution >= 4 is 29.0 Å². The van der Waals surface area contributed by atoms with Crippen LogP contribution in [0.25, 0.3) is 0 Å². The minimum atomic E-state index is -0.731. The van der Waals surface area contributed by atoms with Gasteiger partial charge in [0.15, 0.2) is 11.5 Å². The van der Waals surface area contributed by atoms with E-state index in [0.717, 1.165) is 0 Å². The number of nitrogens with one attached hydrogen (secondary N) is 1. The van der Waals surface area contributed by atoms with E-state index in [1.807, 2.05) is 0 Å². The van der Waals surface area contributed by atoms with Crippen LogP contribution >= 0.6 is 11.6 Å². The molecule has 2 aromatic carbocycles. The molecule has 0 atom stereocenters. The van der Waals surface area contributed by atoms with Gasteiger partial charge in [0.2, 0.25) is 12.6 Å². The van der Waals surface area contributed by atoms with Crippen molar-refractivity contribution in [2.24, 2.45) is 0 Å². The highest BCUT2D eigenvalue weighted by Gasteiger charge is 2.23. The molecule has 26 heavy (non-hydrogen) atoms. The number of Topliss-reactive ketones (excluding diaryl/α,β-unsaturated/α-hetero) is 1. The van der Waals surface area contributed by atoms with Crippen molar-refractivity contribution in [3.63, 3.8) is 0 Å². The fraction of sp³-hybridized carbons (Fsp3) is 0.158. The van der Waals surface area contributed by atoms with Gasteiger partial charge >= 0.3 is 5.97 Å². The molecule has 0 unspecified atom stereocenters. The molecule has 0 aliphatic carbocycles. The number of carbonyl (C=O) groups excluding carboxylic acids is 2. The van der Waals surface area contributed by atoms with E-state index in [9.17, 15) is 9.59 Å². The Kier molecular flexibility index (Phi) is 5.43. The molecule has 3 rings (SSSR count). The number of halogens is 1. The zero-order valence-electron chi connectivity index (χ0n) is 14.0. The molecule has 0 bridgehead atoms. The predicted molar refractivity (Wildman–Crippen MR) is 96.7 cm³/mol. The fourth-order valence-electron chi connectivity index (χ4n) is 2.36. The third-order valence-corrected chi connectivity index (χ3v) is 3.94. The van der Waals surface area contributed by atoms with E-state index in [1.165, 1.54) is 6.20 Å². The highest BCUT2D eigenvalue weighted by atomic mass is 35.5. The van der Waals surface area contributed by atoms with Crippen molar-refractivity contribution in [1.82, 2.24) is 0 Å². The van der Waals surface area contributed by atoms with Gasteiger partial charge in [0, 0.05) is 23.5 Å². The number of fused-ring (bicyclic) bond motifs is 1. The van der Waals surface area contributed by atoms with Crippen LogP contribution in [0.4, 0.5) is 5.69 Å². The quantitative estimate of drug-likeness (QED) is 0.273. The van der Waals surface area contributed by atoms with Crippen molar-refractivity contribution in [2.75, 3.05) is 18.7 Å². The first-order chi connectivity index (χ1) is 12.6. The van der Waals surface area contributed by atoms with Crippen molar-refractivity contribution in [3.05, 3.63) is 64.8 Å². The molecule has 1 heterocycles. The summed E-state index contributed by atoms with van der Waals surface area (Å²) in [6, 6.07) is 11.7. The highest BCUT2D eigenvalue weighted by Crippen LogP contribution is 2.34. The first-order valence-electron chi connectivity index (χ1n) is 7.93. The average Bonchev–Trinajstić information content (AvgIpc) is 3.10. The molecule has 2 aromatic rings. The lowest BCUT2D eigenvalue weighted by Gasteiger charge is -2.09. The van der Waals surface area contributed by atoms with E-state index < -0.39 is 11.8 Å². The Balaban J connectivity index is 1.88. The van der Waals surface area contributed by atoms with Crippen LogP contribution in [0.2, 0.25) is 5.02 Å². The summed E-state index contributed by atoms with van der Waals surface area (Å²) in [6.45, 7) is 1.98. The summed E-state index contributed by atoms with van der Waals surface area (Å²) in [5.74, 6) is -0.0382. The topological polar surface area (TPSA) is 73.9 Å². The van der Waals surface area contributed by atoms with E-state index in [0.29, 0.717) is 17.2 Å². The number of esters is 1. The normalized spacial score (nSPS) is 12.6. The Bertz CT molecular complexity index is 878. The lowest BCUT2D eigenvalue weighted by atomic mass is 10.0. The summed E-state index contributed by atoms with van der Waals surface area (Å²) in [5, 5.41) is 3.18. The van der Waals surface area contributed by atoms with Crippen LogP contribution in [0.1, 0.15) is 17.3 Å². The van der Waals surface area contributed by atoms with Gasteiger partial charge in [-0.15, -0.1) is 0 Å². The second kappa shape index (κ2) is 7.93. The molecule has 0 amide bonds. The lowest BCUT2D eigenvalue weighted by molar-refractivity contribution is -0.138. The van der Waals surface area contributed by atoms with E-state index in [2.05, 4.69) is 5.32 Å². The average molecular weight is 374 g/mol. The van der Waals surface area contributed by atoms with E-state index in [1.54, 1.807) is 49.4 Å². The molecule has 0 fully saturated rings. The number of rotatable bonds is 6. The Morgan fingerprint density at radius 3 is 2.73 bits per heavy atom. The van der Waals surface area contributed by atoms with E-state index in [4.69, 9.17) is 25.8 Å². The van der Waals surface area contributed by atoms with Gasteiger partial charge in [0.1, 0.15) is 5.57 Å². The zero-order valence-corrected chi connectivity index (χ0v) is 14.7. The fourth-order valence-corrected chi connectivity index (χ4v) is 2.58. The molecule has 1 aliphatic heterocycles. The molecule has 7 heteroatoms. The summed E-state index contributed by atoms with van der Waals surface area (Å²) in [7, 11) is 0. The second-order valence-corrected chi connectivity index (χ2v) is 5.71. The van der Waals surface area contributed by atoms with Crippen LogP contribution in [0.15, 0.2) is 54.2 Å². The third-order valence-electron chi connectivity index (χ3n) is 3.61. The molecule has 6 nitrogen and oxygen atoms in total. The summed E-state index contributed by atoms with van der Waals surface area (Å²) < 4.78 is 15.5. The van der Waals surface area contributed by atoms with Gasteiger partial charge in [-0.2, -0.15) is 0 Å². The van der Waals surface area contributed by atoms with Crippen molar-refractivity contribution in [1.29, 1.82) is 0 Å². The van der Waals surface area contributed by atoms with Gasteiger partial charge in [-0.1, -0.05) is 23.7 Å². The molecule has 134 valence electrons. The molecular weight excluding hydrogens is 358 g/mol. The molecule has 0 saturated heterocycles. The maximum atomic E-state index is 12.8. The number of anilines is 1. The maximum absolute atomic E-state index is 12.8.